The molecule has 0 amide bonds. The lowest BCUT2D eigenvalue weighted by Gasteiger charge is -2.28. The number of benzene rings is 19. The highest BCUT2D eigenvalue weighted by Crippen LogP contribution is 2.60. The fraction of sp³-hybridized carbons (Fsp3) is 0.0219. The normalized spacial score (nSPS) is 12.4. The monoisotopic (exact) mass is 1890 g/mol. The van der Waals surface area contributed by atoms with Gasteiger partial charge in [-0.05, 0) is 303 Å². The summed E-state index contributed by atoms with van der Waals surface area (Å²) in [7, 11) is 0. The molecule has 10 heteroatoms. The van der Waals surface area contributed by atoms with E-state index in [0.717, 1.165) is 140 Å². The van der Waals surface area contributed by atoms with Crippen LogP contribution in [0.5, 0.6) is 11.5 Å². The van der Waals surface area contributed by atoms with E-state index < -0.39 is 0 Å². The van der Waals surface area contributed by atoms with Crippen molar-refractivity contribution in [2.45, 2.75) is 19.3 Å². The zero-order valence-electron chi connectivity index (χ0n) is 80.4. The van der Waals surface area contributed by atoms with Crippen LogP contribution in [-0.4, -0.2) is 24.1 Å². The Balaban J connectivity index is 0.000000109. The summed E-state index contributed by atoms with van der Waals surface area (Å²) in [5.41, 5.74) is 46.1. The van der Waals surface area contributed by atoms with E-state index in [9.17, 15) is 0 Å². The third-order valence-corrected chi connectivity index (χ3v) is 30.6. The predicted octanol–water partition coefficient (Wildman–Crippen LogP) is 37.7. The average molecular weight is 1900 g/mol. The van der Waals surface area contributed by atoms with Gasteiger partial charge in [0.1, 0.15) is 11.5 Å². The van der Waals surface area contributed by atoms with Crippen molar-refractivity contribution in [2.75, 3.05) is 9.80 Å². The van der Waals surface area contributed by atoms with Crippen LogP contribution in [0, 0.1) is 6.57 Å². The summed E-state index contributed by atoms with van der Waals surface area (Å²) in [6.07, 6.45) is 12.0. The van der Waals surface area contributed by atoms with Crippen molar-refractivity contribution in [3.8, 4) is 179 Å². The molecule has 0 spiro atoms. The molecular weight excluding hydrogens is 1810 g/mol. The van der Waals surface area contributed by atoms with Crippen LogP contribution in [0.4, 0.5) is 39.8 Å². The van der Waals surface area contributed by atoms with Crippen molar-refractivity contribution in [1.82, 2.24) is 24.1 Å². The van der Waals surface area contributed by atoms with E-state index in [4.69, 9.17) is 11.3 Å². The Morgan fingerprint density at radius 3 is 1.48 bits per heavy atom. The topological polar surface area (TPSA) is 68.6 Å². The van der Waals surface area contributed by atoms with E-state index in [-0.39, 0.29) is 5.41 Å². The van der Waals surface area contributed by atoms with Gasteiger partial charge in [-0.2, -0.15) is 0 Å². The largest absolute Gasteiger partial charge is 0.456 e. The van der Waals surface area contributed by atoms with E-state index in [0.29, 0.717) is 5.69 Å². The van der Waals surface area contributed by atoms with Crippen molar-refractivity contribution < 1.29 is 4.74 Å². The third kappa shape index (κ3) is 15.0. The van der Waals surface area contributed by atoms with Gasteiger partial charge in [-0.1, -0.05) is 311 Å². The Bertz CT molecular complexity index is 9580. The highest BCUT2D eigenvalue weighted by Gasteiger charge is 2.38. The molecule has 0 radical (unpaired) electrons. The molecular formula is C137H90N8OS. The van der Waals surface area contributed by atoms with Crippen molar-refractivity contribution in [1.29, 1.82) is 0 Å². The van der Waals surface area contributed by atoms with Crippen LogP contribution in [-0.2, 0) is 5.41 Å². The lowest BCUT2D eigenvalue weighted by atomic mass is 9.82. The summed E-state index contributed by atoms with van der Waals surface area (Å²) in [6, 6.07) is 167. The number of nitrogens with zero attached hydrogens (tertiary/aromatic N) is 8. The third-order valence-electron chi connectivity index (χ3n) is 29.7. The van der Waals surface area contributed by atoms with Crippen LogP contribution in [0.3, 0.4) is 0 Å². The van der Waals surface area contributed by atoms with Gasteiger partial charge in [0.05, 0.1) is 57.4 Å². The smallest absolute Gasteiger partial charge is 0.211 e. The molecule has 0 atom stereocenters. The van der Waals surface area contributed by atoms with E-state index in [2.05, 4.69) is 483 Å². The Hall–Kier alpha value is -19.2. The molecule has 0 bridgehead atoms. The van der Waals surface area contributed by atoms with Gasteiger partial charge < -0.3 is 23.7 Å². The van der Waals surface area contributed by atoms with E-state index in [1.807, 2.05) is 79.4 Å². The standard InChI is InChI=1S/C51H32N2O.C44H31N3.C42H27N3S/c1-52-46-31-38(34-16-6-2-7-17-34)30-43(37-22-12-5-13-23-37)51(46)53-29-28-40-47(53)26-27-49-50(40)45-33-42(36-20-10-4-11-21-36)41(35-18-8-3-9-19-35)32-44(45)39-24-14-15-25-48(39)54-49;1-44(2)38-21-23-45-27-37(38)33-18-17-30(26-39(33)44)46-24-22-36-40(46)19-20-42-43(36)35-13-6-5-11-32(35)34-12-7-8-14-41(34)47(42)31-16-15-28-9-3-4-10-29(28)25-31;1-2-10-28(11-3-1)30-24-31(29-19-22-44-38(27-29)37-15-8-9-21-43-37)26-32(25-30)45-39-16-7-6-13-34(39)33-12-4-5-14-35(33)42-36-20-23-46-41(36)18-17-40(42)45/h2-33H;3-27H,1-2H3;1-27H. The van der Waals surface area contributed by atoms with Crippen LogP contribution in [0.25, 0.3) is 215 Å². The van der Waals surface area contributed by atoms with Crippen molar-refractivity contribution in [3.63, 3.8) is 0 Å². The van der Waals surface area contributed by atoms with Crippen LogP contribution in [0.2, 0.25) is 0 Å². The van der Waals surface area contributed by atoms with Crippen LogP contribution >= 0.6 is 11.3 Å². The zero-order valence-corrected chi connectivity index (χ0v) is 81.2. The molecule has 1 aliphatic carbocycles. The Kier molecular flexibility index (Phi) is 21.3. The number of pyridine rings is 3. The molecule has 0 saturated carbocycles. The second kappa shape index (κ2) is 36.1. The molecule has 690 valence electrons. The number of fused-ring (bicyclic) bond motifs is 25. The highest BCUT2D eigenvalue weighted by molar-refractivity contribution is 7.17. The Labute approximate surface area is 856 Å². The molecule has 6 aromatic heterocycles. The summed E-state index contributed by atoms with van der Waals surface area (Å²) in [5.74, 6) is 1.62. The molecule has 29 rings (SSSR count). The SMILES string of the molecule is CC1(C)c2ccncc2-c2ccc(-n3ccc4c5c(ccc43)N(c3ccc4ccccc4c3)c3ccccc3-c3ccccc3-5)cc21.[C-]#[N+]c1cc(-c2ccccc2)cc(-c2ccccc2)c1-n1ccc2c3c(ccc21)Oc1ccccc1-c1cc(-c2ccccc2)c(-c2ccccc2)cc1-3.c1ccc(-c2cc(-c3ccnc(-c4ccccn4)c3)cc(N3c4ccccc4-c4ccccc4-c4c3ccc3sccc43)c2)cc1. The molecule has 147 heavy (non-hydrogen) atoms. The van der Waals surface area contributed by atoms with Gasteiger partial charge in [0.25, 0.3) is 0 Å². The van der Waals surface area contributed by atoms with Crippen molar-refractivity contribution in [3.05, 3.63) is 532 Å². The summed E-state index contributed by atoms with van der Waals surface area (Å²) in [6.45, 7) is 13.1. The van der Waals surface area contributed by atoms with Gasteiger partial charge in [0, 0.05) is 119 Å². The first-order valence-electron chi connectivity index (χ1n) is 49.8. The van der Waals surface area contributed by atoms with Gasteiger partial charge in [-0.3, -0.25) is 15.0 Å². The second-order valence-corrected chi connectivity index (χ2v) is 39.3. The van der Waals surface area contributed by atoms with E-state index >= 15 is 0 Å². The first-order valence-corrected chi connectivity index (χ1v) is 50.7. The Morgan fingerprint density at radius 1 is 0.279 bits per heavy atom. The number of rotatable bonds is 11. The summed E-state index contributed by atoms with van der Waals surface area (Å²) in [4.78, 5) is 22.8. The van der Waals surface area contributed by atoms with E-state index in [1.54, 1.807) is 11.3 Å². The van der Waals surface area contributed by atoms with Crippen LogP contribution in [0.15, 0.2) is 510 Å². The molecule has 0 fully saturated rings. The maximum absolute atomic E-state index is 8.45. The first-order chi connectivity index (χ1) is 72.6. The number of hydrogen-bond acceptors (Lipinski definition) is 7. The van der Waals surface area contributed by atoms with Crippen LogP contribution < -0.4 is 14.5 Å². The average Bonchev–Trinajstić information content (AvgIpc) is 1.64. The molecule has 3 aliphatic heterocycles. The fourth-order valence-electron chi connectivity index (χ4n) is 22.9. The number of ether oxygens (including phenoxy) is 1. The van der Waals surface area contributed by atoms with Crippen LogP contribution in [0.1, 0.15) is 25.0 Å². The van der Waals surface area contributed by atoms with Gasteiger partial charge in [0.2, 0.25) is 5.69 Å². The van der Waals surface area contributed by atoms with Gasteiger partial charge >= 0.3 is 0 Å². The minimum Gasteiger partial charge on any atom is -0.456 e. The molecule has 19 aromatic carbocycles. The number of hydrogen-bond donors (Lipinski definition) is 0. The van der Waals surface area contributed by atoms with E-state index in [1.165, 1.54) is 127 Å². The molecule has 0 unspecified atom stereocenters. The molecule has 0 saturated heterocycles. The minimum atomic E-state index is -0.0886. The number of anilines is 6. The first kappa shape index (κ1) is 86.9. The van der Waals surface area contributed by atoms with Gasteiger partial charge in [0.15, 0.2) is 0 Å². The molecule has 4 aliphatic rings. The minimum absolute atomic E-state index is 0.0886. The maximum atomic E-state index is 8.45. The number of para-hydroxylation sites is 3. The number of thiophene rings is 1. The van der Waals surface area contributed by atoms with Crippen molar-refractivity contribution in [2.24, 2.45) is 0 Å². The molecule has 0 N–H and O–H groups in total. The second-order valence-electron chi connectivity index (χ2n) is 38.3. The lowest BCUT2D eigenvalue weighted by Crippen LogP contribution is -2.15. The molecule has 25 aromatic rings. The Morgan fingerprint density at radius 2 is 0.810 bits per heavy atom. The lowest BCUT2D eigenvalue weighted by molar-refractivity contribution is 0.488. The van der Waals surface area contributed by atoms with Crippen molar-refractivity contribution >= 4 is 93.8 Å². The fourth-order valence-corrected chi connectivity index (χ4v) is 23.7. The van der Waals surface area contributed by atoms with Gasteiger partial charge in [-0.15, -0.1) is 11.3 Å². The van der Waals surface area contributed by atoms with Gasteiger partial charge in [-0.25, -0.2) is 4.85 Å². The maximum Gasteiger partial charge on any atom is 0.211 e. The molecule has 9 nitrogen and oxygen atoms in total. The predicted molar refractivity (Wildman–Crippen MR) is 610 cm³/mol. The molecule has 9 heterocycles. The number of aromatic nitrogens is 5. The quantitative estimate of drug-likeness (QED) is 0.120. The summed E-state index contributed by atoms with van der Waals surface area (Å²) < 4.78 is 12.7. The highest BCUT2D eigenvalue weighted by atomic mass is 32.1. The summed E-state index contributed by atoms with van der Waals surface area (Å²) >= 11 is 1.79. The zero-order chi connectivity index (χ0) is 97.7. The summed E-state index contributed by atoms with van der Waals surface area (Å²) in [5, 5.41) is 8.24.